The summed E-state index contributed by atoms with van der Waals surface area (Å²) in [6.45, 7) is 14.1. The van der Waals surface area contributed by atoms with Crippen LogP contribution in [-0.4, -0.2) is 96.7 Å². The maximum absolute atomic E-state index is 13.1. The van der Waals surface area contributed by atoms with Crippen molar-refractivity contribution in [2.24, 2.45) is 23.7 Å². The van der Waals surface area contributed by atoms with E-state index in [2.05, 4.69) is 55.4 Å². The first-order chi connectivity index (χ1) is 45.1. The predicted molar refractivity (Wildman–Crippen MR) is 381 cm³/mol. The van der Waals surface area contributed by atoms with Crippen molar-refractivity contribution in [2.45, 2.75) is 395 Å². The fourth-order valence-electron chi connectivity index (χ4n) is 11.3. The molecule has 0 aromatic heterocycles. The van der Waals surface area contributed by atoms with Crippen LogP contribution >= 0.6 is 15.6 Å². The van der Waals surface area contributed by atoms with Gasteiger partial charge in [0.05, 0.1) is 26.4 Å². The molecule has 4 unspecified atom stereocenters. The van der Waals surface area contributed by atoms with Gasteiger partial charge in [-0.1, -0.05) is 325 Å². The van der Waals surface area contributed by atoms with E-state index < -0.39 is 97.5 Å². The van der Waals surface area contributed by atoms with Gasteiger partial charge in [0.25, 0.3) is 0 Å². The highest BCUT2D eigenvalue weighted by Gasteiger charge is 2.30. The van der Waals surface area contributed by atoms with Crippen molar-refractivity contribution in [3.8, 4) is 0 Å². The lowest BCUT2D eigenvalue weighted by atomic mass is 9.99. The van der Waals surface area contributed by atoms with E-state index in [1.54, 1.807) is 0 Å². The number of unbranched alkanes of at least 4 members (excludes halogenated alkanes) is 37. The molecule has 0 aromatic rings. The summed E-state index contributed by atoms with van der Waals surface area (Å²) >= 11 is 0. The van der Waals surface area contributed by atoms with Crippen LogP contribution in [0.1, 0.15) is 376 Å². The monoisotopic (exact) mass is 1380 g/mol. The quantitative estimate of drug-likeness (QED) is 0.0222. The molecule has 0 radical (unpaired) electrons. The summed E-state index contributed by atoms with van der Waals surface area (Å²) in [5.41, 5.74) is 0. The lowest BCUT2D eigenvalue weighted by molar-refractivity contribution is -0.161. The fourth-order valence-corrected chi connectivity index (χ4v) is 12.9. The van der Waals surface area contributed by atoms with E-state index >= 15 is 0 Å². The van der Waals surface area contributed by atoms with E-state index in [0.29, 0.717) is 31.6 Å². The second-order valence-corrected chi connectivity index (χ2v) is 31.6. The standard InChI is InChI=1S/C75H146O17P2/c1-9-68(8)54-46-38-30-20-18-16-14-12-10-11-13-15-17-19-21-33-41-49-57-74(79)91-70(61-85-72(77)55-47-39-31-24-22-27-35-43-51-65(2)3)63-89-93(81,82)87-59-69(76)60-88-94(83,84)90-64-71(92-75(80)58-50-42-34-26-29-37-45-53-67(6)7)62-86-73(78)56-48-40-32-25-23-28-36-44-52-66(4)5/h65-71,76H,9-64H2,1-8H3,(H,81,82)(H,83,84)/t68?,69?,70-,71-/m1/s1. The van der Waals surface area contributed by atoms with Gasteiger partial charge in [-0.2, -0.15) is 0 Å². The first-order valence-electron chi connectivity index (χ1n) is 38.7. The van der Waals surface area contributed by atoms with Crippen LogP contribution in [0.5, 0.6) is 0 Å². The number of hydrogen-bond donors (Lipinski definition) is 3. The van der Waals surface area contributed by atoms with Crippen molar-refractivity contribution < 1.29 is 80.2 Å². The molecule has 0 amide bonds. The number of rotatable bonds is 72. The molecule has 558 valence electrons. The van der Waals surface area contributed by atoms with Crippen molar-refractivity contribution in [2.75, 3.05) is 39.6 Å². The molecular weight excluding hydrogens is 1230 g/mol. The van der Waals surface area contributed by atoms with Gasteiger partial charge in [-0.15, -0.1) is 0 Å². The number of phosphoric acid groups is 2. The topological polar surface area (TPSA) is 237 Å². The number of aliphatic hydroxyl groups is 1. The molecule has 3 N–H and O–H groups in total. The van der Waals surface area contributed by atoms with Gasteiger partial charge in [-0.3, -0.25) is 37.3 Å². The lowest BCUT2D eigenvalue weighted by Gasteiger charge is -2.21. The number of ether oxygens (including phenoxy) is 4. The Morgan fingerprint density at radius 3 is 0.755 bits per heavy atom. The SMILES string of the molecule is CCC(C)CCCCCCCCCCCCCCCCCCCCC(=O)O[C@H](COC(=O)CCCCCCCCCCC(C)C)COP(=O)(O)OCC(O)COP(=O)(O)OC[C@@H](COC(=O)CCCCCCCCCCC(C)C)OC(=O)CCCCCCCCCC(C)C. The molecule has 0 rings (SSSR count). The van der Waals surface area contributed by atoms with Crippen LogP contribution in [0.2, 0.25) is 0 Å². The summed E-state index contributed by atoms with van der Waals surface area (Å²) in [6, 6.07) is 0. The van der Waals surface area contributed by atoms with Crippen molar-refractivity contribution in [3.63, 3.8) is 0 Å². The zero-order valence-corrected chi connectivity index (χ0v) is 63.4. The number of hydrogen-bond acceptors (Lipinski definition) is 15. The molecule has 0 aromatic carbocycles. The second-order valence-electron chi connectivity index (χ2n) is 28.7. The first-order valence-corrected chi connectivity index (χ1v) is 41.7. The van der Waals surface area contributed by atoms with E-state index in [1.807, 2.05) is 0 Å². The van der Waals surface area contributed by atoms with Gasteiger partial charge < -0.3 is 33.8 Å². The van der Waals surface area contributed by atoms with Crippen molar-refractivity contribution in [3.05, 3.63) is 0 Å². The Labute approximate surface area is 575 Å². The molecule has 0 saturated heterocycles. The molecule has 0 heterocycles. The molecule has 0 bridgehead atoms. The van der Waals surface area contributed by atoms with E-state index in [-0.39, 0.29) is 25.7 Å². The maximum atomic E-state index is 13.1. The molecule has 0 spiro atoms. The summed E-state index contributed by atoms with van der Waals surface area (Å²) in [5.74, 6) is 0.892. The highest BCUT2D eigenvalue weighted by Crippen LogP contribution is 2.45. The third-order valence-electron chi connectivity index (χ3n) is 17.7. The Balaban J connectivity index is 5.16. The van der Waals surface area contributed by atoms with E-state index in [4.69, 9.17) is 37.0 Å². The van der Waals surface area contributed by atoms with Gasteiger partial charge in [-0.25, -0.2) is 9.13 Å². The Kier molecular flexibility index (Phi) is 63.1. The summed E-state index contributed by atoms with van der Waals surface area (Å²) in [4.78, 5) is 72.6. The summed E-state index contributed by atoms with van der Waals surface area (Å²) in [6.07, 6.45) is 48.9. The molecular formula is C75H146O17P2. The van der Waals surface area contributed by atoms with Gasteiger partial charge in [0, 0.05) is 25.7 Å². The average molecular weight is 1380 g/mol. The van der Waals surface area contributed by atoms with Crippen molar-refractivity contribution in [1.29, 1.82) is 0 Å². The van der Waals surface area contributed by atoms with Crippen LogP contribution in [0, 0.1) is 23.7 Å². The van der Waals surface area contributed by atoms with Gasteiger partial charge >= 0.3 is 39.5 Å². The molecule has 0 saturated carbocycles. The molecule has 0 aliphatic heterocycles. The highest BCUT2D eigenvalue weighted by atomic mass is 31.2. The predicted octanol–water partition coefficient (Wildman–Crippen LogP) is 21.7. The molecule has 0 aliphatic rings. The van der Waals surface area contributed by atoms with Crippen LogP contribution in [0.4, 0.5) is 0 Å². The van der Waals surface area contributed by atoms with Crippen LogP contribution in [0.3, 0.4) is 0 Å². The van der Waals surface area contributed by atoms with Crippen LogP contribution in [0.15, 0.2) is 0 Å². The van der Waals surface area contributed by atoms with Gasteiger partial charge in [0.15, 0.2) is 12.2 Å². The second kappa shape index (κ2) is 64.4. The molecule has 0 fully saturated rings. The Bertz CT molecular complexity index is 1850. The Morgan fingerprint density at radius 2 is 0.511 bits per heavy atom. The molecule has 6 atom stereocenters. The van der Waals surface area contributed by atoms with Crippen molar-refractivity contribution >= 4 is 39.5 Å². The summed E-state index contributed by atoms with van der Waals surface area (Å²) in [7, 11) is -9.91. The normalized spacial score (nSPS) is 14.4. The van der Waals surface area contributed by atoms with E-state index in [1.165, 1.54) is 180 Å². The molecule has 19 heteroatoms. The average Bonchev–Trinajstić information content (AvgIpc) is 2.04. The minimum absolute atomic E-state index is 0.102. The number of phosphoric ester groups is 2. The lowest BCUT2D eigenvalue weighted by Crippen LogP contribution is -2.30. The van der Waals surface area contributed by atoms with Crippen LogP contribution in [-0.2, 0) is 65.4 Å². The van der Waals surface area contributed by atoms with Crippen molar-refractivity contribution in [1.82, 2.24) is 0 Å². The van der Waals surface area contributed by atoms with Crippen LogP contribution < -0.4 is 0 Å². The zero-order valence-electron chi connectivity index (χ0n) is 61.6. The van der Waals surface area contributed by atoms with E-state index in [0.717, 1.165) is 108 Å². The minimum atomic E-state index is -4.96. The Hall–Kier alpha value is -1.94. The van der Waals surface area contributed by atoms with Gasteiger partial charge in [0.2, 0.25) is 0 Å². The number of esters is 4. The van der Waals surface area contributed by atoms with Crippen LogP contribution in [0.25, 0.3) is 0 Å². The largest absolute Gasteiger partial charge is 0.472 e. The zero-order chi connectivity index (χ0) is 69.6. The maximum Gasteiger partial charge on any atom is 0.472 e. The number of carbonyl (C=O) groups excluding carboxylic acids is 4. The molecule has 94 heavy (non-hydrogen) atoms. The third-order valence-corrected chi connectivity index (χ3v) is 19.6. The van der Waals surface area contributed by atoms with E-state index in [9.17, 15) is 43.2 Å². The van der Waals surface area contributed by atoms with Gasteiger partial charge in [-0.05, 0) is 49.4 Å². The third kappa shape index (κ3) is 67.3. The first kappa shape index (κ1) is 92.1. The van der Waals surface area contributed by atoms with Gasteiger partial charge in [0.1, 0.15) is 19.3 Å². The summed E-state index contributed by atoms with van der Waals surface area (Å²) in [5, 5.41) is 10.6. The smallest absolute Gasteiger partial charge is 0.462 e. The minimum Gasteiger partial charge on any atom is -0.462 e. The molecule has 17 nitrogen and oxygen atoms in total. The Morgan fingerprint density at radius 1 is 0.298 bits per heavy atom. The highest BCUT2D eigenvalue weighted by molar-refractivity contribution is 7.47. The number of aliphatic hydroxyl groups excluding tert-OH is 1. The molecule has 0 aliphatic carbocycles. The fraction of sp³-hybridized carbons (Fsp3) is 0.947. The number of carbonyl (C=O) groups is 4. The summed E-state index contributed by atoms with van der Waals surface area (Å²) < 4.78 is 68.4.